The van der Waals surface area contributed by atoms with Crippen LogP contribution in [-0.2, 0) is 5.41 Å². The molecule has 1 saturated carbocycles. The van der Waals surface area contributed by atoms with Gasteiger partial charge >= 0.3 is 0 Å². The molecule has 1 fully saturated rings. The number of nitrogens with two attached hydrogens (primary N) is 1. The quantitative estimate of drug-likeness (QED) is 0.575. The molecular weight excluding hydrogens is 392 g/mol. The van der Waals surface area contributed by atoms with Crippen LogP contribution in [0.5, 0.6) is 5.75 Å². The van der Waals surface area contributed by atoms with E-state index in [-0.39, 0.29) is 42.3 Å². The number of carbonyl (C=O) groups excluding carboxylic acids is 1. The highest BCUT2D eigenvalue weighted by Crippen LogP contribution is 2.45. The summed E-state index contributed by atoms with van der Waals surface area (Å²) < 4.78 is 27.9. The number of amides is 1. The summed E-state index contributed by atoms with van der Waals surface area (Å²) in [5, 5.41) is 13.3. The van der Waals surface area contributed by atoms with E-state index in [1.807, 2.05) is 0 Å². The summed E-state index contributed by atoms with van der Waals surface area (Å²) in [6.07, 6.45) is 3.77. The molecule has 30 heavy (non-hydrogen) atoms. The predicted octanol–water partition coefficient (Wildman–Crippen LogP) is 2.96. The van der Waals surface area contributed by atoms with E-state index in [1.165, 1.54) is 36.8 Å². The molecule has 7 nitrogen and oxygen atoms in total. The summed E-state index contributed by atoms with van der Waals surface area (Å²) in [6.45, 7) is 0.225. The lowest BCUT2D eigenvalue weighted by Crippen LogP contribution is -2.49. The maximum absolute atomic E-state index is 14.2. The average Bonchev–Trinajstić information content (AvgIpc) is 2.71. The topological polar surface area (TPSA) is 114 Å². The van der Waals surface area contributed by atoms with E-state index in [2.05, 4.69) is 20.3 Å². The molecule has 0 atom stereocenters. The maximum atomic E-state index is 14.2. The van der Waals surface area contributed by atoms with Crippen LogP contribution >= 0.6 is 0 Å². The lowest BCUT2D eigenvalue weighted by atomic mass is 9.65. The first-order valence-electron chi connectivity index (χ1n) is 9.33. The second-order valence-corrected chi connectivity index (χ2v) is 7.33. The number of carbonyl (C=O) groups is 1. The van der Waals surface area contributed by atoms with Crippen molar-refractivity contribution in [1.82, 2.24) is 15.0 Å². The predicted molar refractivity (Wildman–Crippen MR) is 106 cm³/mol. The normalized spacial score (nSPS) is 20.4. The van der Waals surface area contributed by atoms with Crippen LogP contribution in [-0.4, -0.2) is 38.7 Å². The third-order valence-corrected chi connectivity index (χ3v) is 5.33. The summed E-state index contributed by atoms with van der Waals surface area (Å²) in [6, 6.07) is 7.44. The number of para-hydroxylation sites is 1. The zero-order valence-corrected chi connectivity index (χ0v) is 15.8. The van der Waals surface area contributed by atoms with Crippen LogP contribution in [0, 0.1) is 5.82 Å². The fourth-order valence-electron chi connectivity index (χ4n) is 3.77. The van der Waals surface area contributed by atoms with Crippen LogP contribution < -0.4 is 11.1 Å². The zero-order chi connectivity index (χ0) is 21.3. The van der Waals surface area contributed by atoms with Gasteiger partial charge in [0.2, 0.25) is 5.95 Å². The minimum atomic E-state index is -1.00. The van der Waals surface area contributed by atoms with Crippen molar-refractivity contribution < 1.29 is 18.7 Å². The van der Waals surface area contributed by atoms with Gasteiger partial charge in [0.25, 0.3) is 5.91 Å². The Kier molecular flexibility index (Phi) is 5.03. The maximum Gasteiger partial charge on any atom is 0.252 e. The van der Waals surface area contributed by atoms with Gasteiger partial charge in [-0.3, -0.25) is 9.78 Å². The minimum absolute atomic E-state index is 0.000193. The van der Waals surface area contributed by atoms with Gasteiger partial charge in [-0.05, 0) is 31.0 Å². The third-order valence-electron chi connectivity index (χ3n) is 5.33. The Balaban J connectivity index is 1.52. The molecule has 0 unspecified atom stereocenters. The molecule has 1 aliphatic carbocycles. The van der Waals surface area contributed by atoms with Crippen molar-refractivity contribution >= 4 is 11.9 Å². The van der Waals surface area contributed by atoms with Gasteiger partial charge in [-0.1, -0.05) is 12.1 Å². The molecule has 0 radical (unpaired) electrons. The largest absolute Gasteiger partial charge is 0.506 e. The van der Waals surface area contributed by atoms with Gasteiger partial charge in [-0.25, -0.2) is 18.7 Å². The van der Waals surface area contributed by atoms with E-state index in [1.54, 1.807) is 12.1 Å². The number of nitrogens with one attached hydrogen (secondary N) is 1. The van der Waals surface area contributed by atoms with Crippen LogP contribution in [0.3, 0.4) is 0 Å². The van der Waals surface area contributed by atoms with E-state index < -0.39 is 23.3 Å². The molecule has 0 bridgehead atoms. The summed E-state index contributed by atoms with van der Waals surface area (Å²) >= 11 is 0. The van der Waals surface area contributed by atoms with E-state index in [4.69, 9.17) is 5.73 Å². The van der Waals surface area contributed by atoms with E-state index in [9.17, 15) is 18.7 Å². The second kappa shape index (κ2) is 7.66. The molecule has 154 valence electrons. The van der Waals surface area contributed by atoms with Gasteiger partial charge in [-0.2, -0.15) is 0 Å². The number of aromatic hydroxyl groups is 1. The van der Waals surface area contributed by atoms with Gasteiger partial charge in [0.15, 0.2) is 0 Å². The Hall–Kier alpha value is -3.62. The number of halogens is 2. The summed E-state index contributed by atoms with van der Waals surface area (Å²) in [7, 11) is 0. The molecule has 2 aromatic heterocycles. The molecule has 3 aromatic rings. The van der Waals surface area contributed by atoms with E-state index in [0.717, 1.165) is 0 Å². The Morgan fingerprint density at radius 2 is 1.93 bits per heavy atom. The number of primary amides is 1. The Morgan fingerprint density at radius 3 is 2.57 bits per heavy atom. The first-order chi connectivity index (χ1) is 14.4. The summed E-state index contributed by atoms with van der Waals surface area (Å²) in [5.74, 6) is -1.19. The van der Waals surface area contributed by atoms with E-state index >= 15 is 0 Å². The number of phenols is 1. The summed E-state index contributed by atoms with van der Waals surface area (Å²) in [5.41, 5.74) is 5.57. The molecule has 1 amide bonds. The fourth-order valence-corrected chi connectivity index (χ4v) is 3.77. The first kappa shape index (κ1) is 19.7. The molecule has 2 heterocycles. The van der Waals surface area contributed by atoms with Crippen LogP contribution in [0.15, 0.2) is 48.9 Å². The smallest absolute Gasteiger partial charge is 0.252 e. The number of hydrogen-bond donors (Lipinski definition) is 3. The van der Waals surface area contributed by atoms with Crippen molar-refractivity contribution in [2.45, 2.75) is 24.4 Å². The van der Waals surface area contributed by atoms with Crippen LogP contribution in [0.25, 0.3) is 11.1 Å². The van der Waals surface area contributed by atoms with Crippen molar-refractivity contribution in [1.29, 1.82) is 0 Å². The van der Waals surface area contributed by atoms with Crippen molar-refractivity contribution in [3.63, 3.8) is 0 Å². The molecule has 9 heteroatoms. The number of nitrogens with zero attached hydrogens (tertiary/aromatic N) is 3. The van der Waals surface area contributed by atoms with Crippen molar-refractivity contribution in [2.75, 3.05) is 11.9 Å². The van der Waals surface area contributed by atoms with Gasteiger partial charge < -0.3 is 16.2 Å². The molecule has 0 aliphatic heterocycles. The molecule has 4 N–H and O–H groups in total. The molecular formula is C21H19F2N5O2. The standard InChI is InChI=1S/C21H19F2N5O2/c22-13-7-21(8-13,18-16(23)5-2-6-25-18)11-28-20-26-9-12(10-27-20)14-3-1-4-15(17(14)29)19(24)30/h1-6,9-10,13,29H,7-8,11H2,(H2,24,30)(H,26,27,28). The fraction of sp³-hybridized carbons (Fsp3) is 0.238. The van der Waals surface area contributed by atoms with Crippen LogP contribution in [0.1, 0.15) is 28.9 Å². The molecule has 0 spiro atoms. The van der Waals surface area contributed by atoms with Crippen LogP contribution in [0.4, 0.5) is 14.7 Å². The number of rotatable bonds is 6. The molecule has 1 aromatic carbocycles. The number of pyridine rings is 1. The zero-order valence-electron chi connectivity index (χ0n) is 15.8. The minimum Gasteiger partial charge on any atom is -0.506 e. The lowest BCUT2D eigenvalue weighted by molar-refractivity contribution is 0.0963. The highest BCUT2D eigenvalue weighted by Gasteiger charge is 2.48. The average molecular weight is 411 g/mol. The van der Waals surface area contributed by atoms with Gasteiger partial charge in [0.05, 0.1) is 11.3 Å². The van der Waals surface area contributed by atoms with Crippen molar-refractivity contribution in [3.05, 3.63) is 66.0 Å². The molecule has 0 saturated heterocycles. The number of hydrogen-bond acceptors (Lipinski definition) is 6. The Bertz CT molecular complexity index is 1090. The second-order valence-electron chi connectivity index (χ2n) is 7.33. The van der Waals surface area contributed by atoms with E-state index in [0.29, 0.717) is 11.1 Å². The highest BCUT2D eigenvalue weighted by atomic mass is 19.1. The Labute approximate surface area is 171 Å². The molecule has 1 aliphatic rings. The number of alkyl halides is 1. The number of benzene rings is 1. The highest BCUT2D eigenvalue weighted by molar-refractivity contribution is 5.98. The first-order valence-corrected chi connectivity index (χ1v) is 9.33. The summed E-state index contributed by atoms with van der Waals surface area (Å²) in [4.78, 5) is 23.9. The lowest BCUT2D eigenvalue weighted by Gasteiger charge is -2.43. The number of anilines is 1. The van der Waals surface area contributed by atoms with Gasteiger partial charge in [-0.15, -0.1) is 0 Å². The van der Waals surface area contributed by atoms with Crippen molar-refractivity contribution in [2.24, 2.45) is 5.73 Å². The SMILES string of the molecule is NC(=O)c1cccc(-c2cnc(NCC3(c4ncccc4F)CC(F)C3)nc2)c1O. The van der Waals surface area contributed by atoms with Crippen LogP contribution in [0.2, 0.25) is 0 Å². The van der Waals surface area contributed by atoms with Crippen molar-refractivity contribution in [3.8, 4) is 16.9 Å². The van der Waals surface area contributed by atoms with Gasteiger partial charge in [0, 0.05) is 41.7 Å². The van der Waals surface area contributed by atoms with Gasteiger partial charge in [0.1, 0.15) is 17.7 Å². The monoisotopic (exact) mass is 411 g/mol. The molecule has 4 rings (SSSR count). The number of aromatic nitrogens is 3. The third kappa shape index (κ3) is 3.54. The Morgan fingerprint density at radius 1 is 1.20 bits per heavy atom.